The Labute approximate surface area is 121 Å². The lowest BCUT2D eigenvalue weighted by atomic mass is 10.0. The average molecular weight is 273 g/mol. The third-order valence-corrected chi connectivity index (χ3v) is 3.76. The first-order valence-corrected chi connectivity index (χ1v) is 7.35. The van der Waals surface area contributed by atoms with Crippen molar-refractivity contribution in [3.8, 4) is 0 Å². The van der Waals surface area contributed by atoms with Gasteiger partial charge in [0.1, 0.15) is 0 Å². The fourth-order valence-corrected chi connectivity index (χ4v) is 2.67. The molecule has 3 nitrogen and oxygen atoms in total. The van der Waals surface area contributed by atoms with Crippen LogP contribution >= 0.6 is 0 Å². The summed E-state index contributed by atoms with van der Waals surface area (Å²) in [6, 6.07) is 6.10. The molecule has 1 fully saturated rings. The number of hydrogen-bond acceptors (Lipinski definition) is 3. The number of aryl methyl sites for hydroxylation is 1. The molecule has 3 heteroatoms. The topological polar surface area (TPSA) is 29.5 Å². The summed E-state index contributed by atoms with van der Waals surface area (Å²) in [6.45, 7) is 10.4. The van der Waals surface area contributed by atoms with Crippen molar-refractivity contribution < 1.29 is 9.53 Å². The molecule has 0 N–H and O–H groups in total. The first-order valence-electron chi connectivity index (χ1n) is 7.35. The molecule has 1 saturated heterocycles. The van der Waals surface area contributed by atoms with Crippen molar-refractivity contribution >= 4 is 17.2 Å². The van der Waals surface area contributed by atoms with E-state index in [-0.39, 0.29) is 5.97 Å². The number of ether oxygens (including phenoxy) is 1. The van der Waals surface area contributed by atoms with Gasteiger partial charge in [0, 0.05) is 18.8 Å². The highest BCUT2D eigenvalue weighted by Crippen LogP contribution is 2.27. The van der Waals surface area contributed by atoms with Crippen LogP contribution in [0.2, 0.25) is 0 Å². The van der Waals surface area contributed by atoms with Gasteiger partial charge in [-0.2, -0.15) is 0 Å². The van der Waals surface area contributed by atoms with E-state index in [0.29, 0.717) is 12.2 Å². The number of piperidine rings is 1. The van der Waals surface area contributed by atoms with Gasteiger partial charge in [-0.3, -0.25) is 0 Å². The second kappa shape index (κ2) is 6.60. The smallest absolute Gasteiger partial charge is 0.338 e. The van der Waals surface area contributed by atoms with Crippen molar-refractivity contribution in [1.29, 1.82) is 0 Å². The summed E-state index contributed by atoms with van der Waals surface area (Å²) >= 11 is 0. The Kier molecular flexibility index (Phi) is 4.83. The zero-order valence-corrected chi connectivity index (χ0v) is 12.4. The van der Waals surface area contributed by atoms with Crippen LogP contribution in [0.5, 0.6) is 0 Å². The summed E-state index contributed by atoms with van der Waals surface area (Å²) in [7, 11) is 0. The minimum Gasteiger partial charge on any atom is -0.462 e. The van der Waals surface area contributed by atoms with Crippen molar-refractivity contribution in [2.75, 3.05) is 24.6 Å². The molecule has 2 rings (SSSR count). The molecule has 0 aliphatic carbocycles. The molecule has 1 aromatic rings. The fourth-order valence-electron chi connectivity index (χ4n) is 2.67. The largest absolute Gasteiger partial charge is 0.462 e. The number of esters is 1. The van der Waals surface area contributed by atoms with Crippen molar-refractivity contribution in [2.24, 2.45) is 0 Å². The normalized spacial score (nSPS) is 15.0. The fraction of sp³-hybridized carbons (Fsp3) is 0.471. The molecule has 0 radical (unpaired) electrons. The van der Waals surface area contributed by atoms with Gasteiger partial charge in [0.15, 0.2) is 0 Å². The molecule has 0 atom stereocenters. The molecule has 20 heavy (non-hydrogen) atoms. The maximum atomic E-state index is 11.7. The van der Waals surface area contributed by atoms with Crippen LogP contribution in [0.3, 0.4) is 0 Å². The number of benzene rings is 1. The monoisotopic (exact) mass is 273 g/mol. The van der Waals surface area contributed by atoms with Crippen LogP contribution in [0.25, 0.3) is 5.57 Å². The summed E-state index contributed by atoms with van der Waals surface area (Å²) < 4.78 is 5.00. The van der Waals surface area contributed by atoms with E-state index in [1.807, 2.05) is 12.1 Å². The lowest BCUT2D eigenvalue weighted by Crippen LogP contribution is -2.29. The van der Waals surface area contributed by atoms with E-state index in [9.17, 15) is 4.79 Å². The van der Waals surface area contributed by atoms with Crippen LogP contribution in [-0.4, -0.2) is 25.7 Å². The predicted molar refractivity (Wildman–Crippen MR) is 82.9 cm³/mol. The quantitative estimate of drug-likeness (QED) is 0.620. The highest BCUT2D eigenvalue weighted by molar-refractivity contribution is 6.15. The van der Waals surface area contributed by atoms with Gasteiger partial charge in [-0.15, -0.1) is 0 Å². The van der Waals surface area contributed by atoms with Crippen LogP contribution in [-0.2, 0) is 9.53 Å². The van der Waals surface area contributed by atoms with Crippen molar-refractivity contribution in [2.45, 2.75) is 33.1 Å². The Balaban J connectivity index is 2.16. The molecule has 1 heterocycles. The van der Waals surface area contributed by atoms with Crippen molar-refractivity contribution in [1.82, 2.24) is 0 Å². The Morgan fingerprint density at radius 1 is 1.30 bits per heavy atom. The van der Waals surface area contributed by atoms with Gasteiger partial charge in [-0.25, -0.2) is 4.79 Å². The molecule has 0 aromatic heterocycles. The molecular weight excluding hydrogens is 250 g/mol. The molecule has 1 aromatic carbocycles. The van der Waals surface area contributed by atoms with E-state index in [1.54, 1.807) is 6.92 Å². The number of carbonyl (C=O) groups excluding carboxylic acids is 1. The molecule has 1 aliphatic heterocycles. The Bertz CT molecular complexity index is 502. The van der Waals surface area contributed by atoms with Crippen LogP contribution in [0.1, 0.15) is 37.3 Å². The second-order valence-electron chi connectivity index (χ2n) is 5.25. The Hall–Kier alpha value is -1.77. The van der Waals surface area contributed by atoms with Gasteiger partial charge >= 0.3 is 5.97 Å². The summed E-state index contributed by atoms with van der Waals surface area (Å²) in [5, 5.41) is 0. The molecule has 0 spiro atoms. The molecule has 108 valence electrons. The maximum absolute atomic E-state index is 11.7. The van der Waals surface area contributed by atoms with E-state index in [0.717, 1.165) is 18.7 Å². The molecule has 1 aliphatic rings. The van der Waals surface area contributed by atoms with E-state index >= 15 is 0 Å². The van der Waals surface area contributed by atoms with E-state index in [1.165, 1.54) is 30.5 Å². The lowest BCUT2D eigenvalue weighted by molar-refractivity contribution is -0.136. The zero-order valence-electron chi connectivity index (χ0n) is 12.4. The highest BCUT2D eigenvalue weighted by atomic mass is 16.5. The summed E-state index contributed by atoms with van der Waals surface area (Å²) in [6.07, 6.45) is 3.85. The molecule has 0 saturated carbocycles. The summed E-state index contributed by atoms with van der Waals surface area (Å²) in [4.78, 5) is 14.1. The van der Waals surface area contributed by atoms with E-state index in [4.69, 9.17) is 4.74 Å². The van der Waals surface area contributed by atoms with Gasteiger partial charge in [0.2, 0.25) is 0 Å². The SMILES string of the molecule is C=C(C(=O)OCC)c1ccc(N2CCCCC2)c(C)c1. The molecule has 0 amide bonds. The average Bonchev–Trinajstić information content (AvgIpc) is 2.47. The maximum Gasteiger partial charge on any atom is 0.338 e. The minimum atomic E-state index is -0.336. The molecule has 0 unspecified atom stereocenters. The van der Waals surface area contributed by atoms with Gasteiger partial charge in [-0.1, -0.05) is 12.6 Å². The van der Waals surface area contributed by atoms with Crippen LogP contribution < -0.4 is 4.90 Å². The first kappa shape index (κ1) is 14.6. The second-order valence-corrected chi connectivity index (χ2v) is 5.25. The number of carbonyl (C=O) groups is 1. The number of nitrogens with zero attached hydrogens (tertiary/aromatic N) is 1. The molecular formula is C17H23NO2. The summed E-state index contributed by atoms with van der Waals surface area (Å²) in [5.74, 6) is -0.336. The van der Waals surface area contributed by atoms with E-state index in [2.05, 4.69) is 24.5 Å². The first-order chi connectivity index (χ1) is 9.63. The predicted octanol–water partition coefficient (Wildman–Crippen LogP) is 3.56. The van der Waals surface area contributed by atoms with Crippen LogP contribution in [0.15, 0.2) is 24.8 Å². The third kappa shape index (κ3) is 3.21. The number of hydrogen-bond donors (Lipinski definition) is 0. The highest BCUT2D eigenvalue weighted by Gasteiger charge is 2.15. The van der Waals surface area contributed by atoms with Gasteiger partial charge in [-0.05, 0) is 56.4 Å². The van der Waals surface area contributed by atoms with Crippen molar-refractivity contribution in [3.63, 3.8) is 0 Å². The van der Waals surface area contributed by atoms with Crippen molar-refractivity contribution in [3.05, 3.63) is 35.9 Å². The third-order valence-electron chi connectivity index (χ3n) is 3.76. The van der Waals surface area contributed by atoms with E-state index < -0.39 is 0 Å². The van der Waals surface area contributed by atoms with Crippen LogP contribution in [0.4, 0.5) is 5.69 Å². The number of rotatable bonds is 4. The standard InChI is InChI=1S/C17H23NO2/c1-4-20-17(19)14(3)15-8-9-16(13(2)12-15)18-10-6-5-7-11-18/h8-9,12H,3-7,10-11H2,1-2H3. The van der Waals surface area contributed by atoms with Gasteiger partial charge < -0.3 is 9.64 Å². The Morgan fingerprint density at radius 2 is 2.00 bits per heavy atom. The summed E-state index contributed by atoms with van der Waals surface area (Å²) in [5.41, 5.74) is 3.74. The zero-order chi connectivity index (χ0) is 14.5. The van der Waals surface area contributed by atoms with Gasteiger partial charge in [0.05, 0.1) is 12.2 Å². The Morgan fingerprint density at radius 3 is 2.60 bits per heavy atom. The van der Waals surface area contributed by atoms with Gasteiger partial charge in [0.25, 0.3) is 0 Å². The lowest BCUT2D eigenvalue weighted by Gasteiger charge is -2.30. The number of anilines is 1. The minimum absolute atomic E-state index is 0.336. The van der Waals surface area contributed by atoms with Crippen LogP contribution in [0, 0.1) is 6.92 Å². The molecule has 0 bridgehead atoms.